The molecular weight excluding hydrogens is 415 g/mol. The van der Waals surface area contributed by atoms with Gasteiger partial charge in [0.1, 0.15) is 12.4 Å². The lowest BCUT2D eigenvalue weighted by molar-refractivity contribution is -0.117. The zero-order chi connectivity index (χ0) is 22.2. The van der Waals surface area contributed by atoms with Crippen LogP contribution < -0.4 is 15.9 Å². The Morgan fingerprint density at radius 1 is 1.19 bits per heavy atom. The number of hydrogen-bond acceptors (Lipinski definition) is 6. The minimum Gasteiger partial charge on any atom is -0.378 e. The Morgan fingerprint density at radius 2 is 1.97 bits per heavy atom. The van der Waals surface area contributed by atoms with Crippen molar-refractivity contribution in [2.24, 2.45) is 0 Å². The predicted molar refractivity (Wildman–Crippen MR) is 118 cm³/mol. The Labute approximate surface area is 182 Å². The van der Waals surface area contributed by atoms with Crippen LogP contribution in [-0.2, 0) is 16.1 Å². The minimum absolute atomic E-state index is 0.313. The molecule has 4 aromatic rings. The first kappa shape index (κ1) is 20.1. The van der Waals surface area contributed by atoms with Crippen molar-refractivity contribution in [1.29, 1.82) is 0 Å². The molecule has 5 rings (SSSR count). The van der Waals surface area contributed by atoms with Crippen LogP contribution in [-0.4, -0.2) is 51.4 Å². The number of aromatic nitrogens is 4. The minimum atomic E-state index is -0.482. The molecule has 0 spiro atoms. The molecular formula is C22H21FN6O3. The number of para-hydroxylation sites is 2. The maximum Gasteiger partial charge on any atom is 0.351 e. The third-order valence-corrected chi connectivity index (χ3v) is 5.45. The monoisotopic (exact) mass is 436 g/mol. The molecule has 0 saturated carbocycles. The topological polar surface area (TPSA) is 93.8 Å². The predicted octanol–water partition coefficient (Wildman–Crippen LogP) is 1.97. The van der Waals surface area contributed by atoms with Crippen LogP contribution in [0.2, 0.25) is 0 Å². The number of halogens is 1. The summed E-state index contributed by atoms with van der Waals surface area (Å²) in [6.07, 6.45) is 0. The summed E-state index contributed by atoms with van der Waals surface area (Å²) in [5.74, 6) is -0.326. The Balaban J connectivity index is 1.54. The highest BCUT2D eigenvalue weighted by Crippen LogP contribution is 2.23. The lowest BCUT2D eigenvalue weighted by Gasteiger charge is -2.27. The number of morpholine rings is 1. The summed E-state index contributed by atoms with van der Waals surface area (Å²) in [6, 6.07) is 11.7. The molecule has 0 bridgehead atoms. The second-order valence-corrected chi connectivity index (χ2v) is 7.63. The van der Waals surface area contributed by atoms with E-state index in [2.05, 4.69) is 10.4 Å². The first-order valence-corrected chi connectivity index (χ1v) is 10.3. The highest BCUT2D eigenvalue weighted by molar-refractivity contribution is 5.90. The average molecular weight is 436 g/mol. The molecule has 1 N–H and O–H groups in total. The molecule has 0 unspecified atom stereocenters. The number of rotatable bonds is 4. The first-order chi connectivity index (χ1) is 15.5. The number of carbonyl (C=O) groups is 1. The van der Waals surface area contributed by atoms with Crippen LogP contribution in [0.3, 0.4) is 0 Å². The van der Waals surface area contributed by atoms with Crippen molar-refractivity contribution in [2.75, 3.05) is 36.5 Å². The third kappa shape index (κ3) is 3.58. The Bertz CT molecular complexity index is 1390. The quantitative estimate of drug-likeness (QED) is 0.526. The Kier molecular flexibility index (Phi) is 5.06. The lowest BCUT2D eigenvalue weighted by atomic mass is 10.2. The second-order valence-electron chi connectivity index (χ2n) is 7.63. The van der Waals surface area contributed by atoms with Crippen molar-refractivity contribution < 1.29 is 13.9 Å². The number of ether oxygens (including phenoxy) is 1. The summed E-state index contributed by atoms with van der Waals surface area (Å²) in [4.78, 5) is 32.6. The molecule has 0 aliphatic carbocycles. The fourth-order valence-electron chi connectivity index (χ4n) is 3.78. The fraction of sp³-hybridized carbons (Fsp3) is 0.273. The van der Waals surface area contributed by atoms with Crippen LogP contribution in [0.5, 0.6) is 0 Å². The summed E-state index contributed by atoms with van der Waals surface area (Å²) in [5, 5.41) is 7.05. The van der Waals surface area contributed by atoms with Gasteiger partial charge >= 0.3 is 5.69 Å². The molecule has 2 aromatic heterocycles. The van der Waals surface area contributed by atoms with E-state index in [4.69, 9.17) is 9.72 Å². The van der Waals surface area contributed by atoms with Gasteiger partial charge in [-0.1, -0.05) is 18.2 Å². The van der Waals surface area contributed by atoms with Gasteiger partial charge in [-0.15, -0.1) is 5.10 Å². The van der Waals surface area contributed by atoms with Crippen molar-refractivity contribution in [3.05, 3.63) is 64.3 Å². The second kappa shape index (κ2) is 8.04. The highest BCUT2D eigenvalue weighted by atomic mass is 19.1. The van der Waals surface area contributed by atoms with E-state index in [1.54, 1.807) is 25.1 Å². The van der Waals surface area contributed by atoms with E-state index in [0.717, 1.165) is 4.68 Å². The van der Waals surface area contributed by atoms with Crippen molar-refractivity contribution in [1.82, 2.24) is 19.2 Å². The number of nitrogens with zero attached hydrogens (tertiary/aromatic N) is 5. The Morgan fingerprint density at radius 3 is 2.75 bits per heavy atom. The number of benzene rings is 2. The number of amides is 1. The number of aryl methyl sites for hydroxylation is 1. The van der Waals surface area contributed by atoms with E-state index in [9.17, 15) is 14.0 Å². The van der Waals surface area contributed by atoms with Crippen LogP contribution in [0.1, 0.15) is 5.56 Å². The van der Waals surface area contributed by atoms with E-state index >= 15 is 0 Å². The molecule has 10 heteroatoms. The molecule has 0 atom stereocenters. The van der Waals surface area contributed by atoms with Crippen LogP contribution in [0.15, 0.2) is 47.3 Å². The largest absolute Gasteiger partial charge is 0.378 e. The molecule has 9 nitrogen and oxygen atoms in total. The maximum atomic E-state index is 13.8. The van der Waals surface area contributed by atoms with Gasteiger partial charge in [-0.3, -0.25) is 4.79 Å². The van der Waals surface area contributed by atoms with E-state index in [1.165, 1.54) is 10.5 Å². The van der Waals surface area contributed by atoms with Gasteiger partial charge in [0.25, 0.3) is 0 Å². The van der Waals surface area contributed by atoms with Gasteiger partial charge < -0.3 is 15.0 Å². The van der Waals surface area contributed by atoms with E-state index in [0.29, 0.717) is 60.1 Å². The molecule has 1 amide bonds. The third-order valence-electron chi connectivity index (χ3n) is 5.45. The molecule has 1 aliphatic heterocycles. The van der Waals surface area contributed by atoms with Gasteiger partial charge in [0, 0.05) is 18.8 Å². The van der Waals surface area contributed by atoms with Crippen molar-refractivity contribution in [2.45, 2.75) is 13.5 Å². The van der Waals surface area contributed by atoms with Gasteiger partial charge in [0.2, 0.25) is 11.6 Å². The standard InChI is InChI=1S/C22H21FN6O3/c1-14-6-7-15(12-16(14)23)24-19(30)13-28-22(31)29-18-5-3-2-4-17(18)25-20(21(29)26-28)27-8-10-32-11-9-27/h2-7,12H,8-11,13H2,1H3,(H,24,30). The summed E-state index contributed by atoms with van der Waals surface area (Å²) < 4.78 is 21.8. The molecule has 32 heavy (non-hydrogen) atoms. The van der Waals surface area contributed by atoms with Gasteiger partial charge in [-0.05, 0) is 36.8 Å². The Hall–Kier alpha value is -3.79. The summed E-state index contributed by atoms with van der Waals surface area (Å²) in [6.45, 7) is 3.69. The SMILES string of the molecule is Cc1ccc(NC(=O)Cn2nc3c(N4CCOCC4)nc4ccccc4n3c2=O)cc1F. The summed E-state index contributed by atoms with van der Waals surface area (Å²) in [5.41, 5.74) is 1.99. The van der Waals surface area contributed by atoms with Crippen molar-refractivity contribution in [3.8, 4) is 0 Å². The van der Waals surface area contributed by atoms with E-state index in [-0.39, 0.29) is 6.54 Å². The number of anilines is 2. The van der Waals surface area contributed by atoms with Crippen LogP contribution in [0.4, 0.5) is 15.9 Å². The number of fused-ring (bicyclic) bond motifs is 3. The van der Waals surface area contributed by atoms with Gasteiger partial charge in [-0.25, -0.2) is 23.3 Å². The normalized spacial score (nSPS) is 14.2. The van der Waals surface area contributed by atoms with E-state index in [1.807, 2.05) is 23.1 Å². The summed E-state index contributed by atoms with van der Waals surface area (Å²) in [7, 11) is 0. The maximum absolute atomic E-state index is 13.8. The molecule has 2 aromatic carbocycles. The van der Waals surface area contributed by atoms with Crippen LogP contribution >= 0.6 is 0 Å². The highest BCUT2D eigenvalue weighted by Gasteiger charge is 2.22. The fourth-order valence-corrected chi connectivity index (χ4v) is 3.78. The zero-order valence-corrected chi connectivity index (χ0v) is 17.4. The van der Waals surface area contributed by atoms with Gasteiger partial charge in [-0.2, -0.15) is 0 Å². The number of nitrogens with one attached hydrogen (secondary N) is 1. The van der Waals surface area contributed by atoms with Crippen LogP contribution in [0, 0.1) is 12.7 Å². The van der Waals surface area contributed by atoms with E-state index < -0.39 is 17.4 Å². The molecule has 1 saturated heterocycles. The first-order valence-electron chi connectivity index (χ1n) is 10.3. The van der Waals surface area contributed by atoms with Gasteiger partial charge in [0.15, 0.2) is 5.82 Å². The number of hydrogen-bond donors (Lipinski definition) is 1. The number of carbonyl (C=O) groups excluding carboxylic acids is 1. The molecule has 164 valence electrons. The van der Waals surface area contributed by atoms with Crippen molar-refractivity contribution >= 4 is 34.1 Å². The lowest BCUT2D eigenvalue weighted by Crippen LogP contribution is -2.37. The van der Waals surface area contributed by atoms with Gasteiger partial charge in [0.05, 0.1) is 24.2 Å². The molecule has 1 aliphatic rings. The smallest absolute Gasteiger partial charge is 0.351 e. The van der Waals surface area contributed by atoms with Crippen molar-refractivity contribution in [3.63, 3.8) is 0 Å². The average Bonchev–Trinajstić information content (AvgIpc) is 3.12. The van der Waals surface area contributed by atoms with Crippen LogP contribution in [0.25, 0.3) is 16.7 Å². The molecule has 3 heterocycles. The molecule has 1 fully saturated rings. The zero-order valence-electron chi connectivity index (χ0n) is 17.4. The molecule has 0 radical (unpaired) electrons. The summed E-state index contributed by atoms with van der Waals surface area (Å²) >= 11 is 0.